The third kappa shape index (κ3) is 2.37. The Morgan fingerprint density at radius 2 is 2.21 bits per heavy atom. The standard InChI is InChI=1S/C12H19NS/c1-9(2)10-7-11(14-8-10)3-4-12(13)5-6-12/h7-9H,3-6,13H2,1-2H3. The van der Waals surface area contributed by atoms with Crippen LogP contribution in [0.3, 0.4) is 0 Å². The molecule has 1 heterocycles. The summed E-state index contributed by atoms with van der Waals surface area (Å²) in [5.41, 5.74) is 7.75. The first-order chi connectivity index (χ1) is 6.59. The Bertz CT molecular complexity index is 310. The molecule has 1 aromatic heterocycles. The molecule has 1 aliphatic rings. The van der Waals surface area contributed by atoms with Gasteiger partial charge in [0.15, 0.2) is 0 Å². The van der Waals surface area contributed by atoms with Crippen LogP contribution >= 0.6 is 11.3 Å². The van der Waals surface area contributed by atoms with E-state index in [-0.39, 0.29) is 5.54 Å². The van der Waals surface area contributed by atoms with Crippen LogP contribution in [0.15, 0.2) is 11.4 Å². The zero-order valence-corrected chi connectivity index (χ0v) is 9.86. The van der Waals surface area contributed by atoms with Crippen LogP contribution in [0.2, 0.25) is 0 Å². The zero-order chi connectivity index (χ0) is 10.2. The van der Waals surface area contributed by atoms with E-state index in [4.69, 9.17) is 5.73 Å². The highest BCUT2D eigenvalue weighted by Gasteiger charge is 2.37. The molecule has 0 aromatic carbocycles. The van der Waals surface area contributed by atoms with Gasteiger partial charge in [0.1, 0.15) is 0 Å². The van der Waals surface area contributed by atoms with Gasteiger partial charge in [-0.2, -0.15) is 0 Å². The first kappa shape index (κ1) is 10.2. The van der Waals surface area contributed by atoms with E-state index in [9.17, 15) is 0 Å². The van der Waals surface area contributed by atoms with Crippen molar-refractivity contribution >= 4 is 11.3 Å². The summed E-state index contributed by atoms with van der Waals surface area (Å²) in [4.78, 5) is 1.51. The highest BCUT2D eigenvalue weighted by molar-refractivity contribution is 7.10. The lowest BCUT2D eigenvalue weighted by Crippen LogP contribution is -2.21. The minimum absolute atomic E-state index is 0.210. The van der Waals surface area contributed by atoms with Gasteiger partial charge < -0.3 is 5.73 Å². The van der Waals surface area contributed by atoms with Crippen molar-refractivity contribution < 1.29 is 0 Å². The van der Waals surface area contributed by atoms with Crippen molar-refractivity contribution in [3.8, 4) is 0 Å². The number of aryl methyl sites for hydroxylation is 1. The zero-order valence-electron chi connectivity index (χ0n) is 9.05. The molecular weight excluding hydrogens is 190 g/mol. The first-order valence-corrected chi connectivity index (χ1v) is 6.33. The van der Waals surface area contributed by atoms with Crippen LogP contribution in [-0.4, -0.2) is 5.54 Å². The van der Waals surface area contributed by atoms with Crippen LogP contribution in [0.4, 0.5) is 0 Å². The van der Waals surface area contributed by atoms with E-state index < -0.39 is 0 Å². The predicted molar refractivity (Wildman–Crippen MR) is 62.9 cm³/mol. The first-order valence-electron chi connectivity index (χ1n) is 5.45. The van der Waals surface area contributed by atoms with Gasteiger partial charge in [-0.15, -0.1) is 11.3 Å². The molecule has 0 spiro atoms. The van der Waals surface area contributed by atoms with Gasteiger partial charge in [0, 0.05) is 10.4 Å². The Kier molecular flexibility index (Phi) is 2.67. The Hall–Kier alpha value is -0.340. The summed E-state index contributed by atoms with van der Waals surface area (Å²) in [5.74, 6) is 0.660. The Morgan fingerprint density at radius 3 is 2.71 bits per heavy atom. The van der Waals surface area contributed by atoms with E-state index in [0.717, 1.165) is 0 Å². The SMILES string of the molecule is CC(C)c1csc(CCC2(N)CC2)c1. The molecule has 0 atom stereocenters. The molecule has 2 rings (SSSR count). The van der Waals surface area contributed by atoms with E-state index >= 15 is 0 Å². The van der Waals surface area contributed by atoms with Crippen molar-refractivity contribution in [2.75, 3.05) is 0 Å². The maximum absolute atomic E-state index is 6.07. The van der Waals surface area contributed by atoms with Crippen molar-refractivity contribution in [2.24, 2.45) is 5.73 Å². The molecule has 78 valence electrons. The van der Waals surface area contributed by atoms with Crippen molar-refractivity contribution in [3.05, 3.63) is 21.9 Å². The van der Waals surface area contributed by atoms with Crippen LogP contribution in [0.5, 0.6) is 0 Å². The van der Waals surface area contributed by atoms with Crippen LogP contribution in [0.25, 0.3) is 0 Å². The van der Waals surface area contributed by atoms with Crippen LogP contribution in [-0.2, 0) is 6.42 Å². The van der Waals surface area contributed by atoms with E-state index in [0.29, 0.717) is 5.92 Å². The fraction of sp³-hybridized carbons (Fsp3) is 0.667. The van der Waals surface area contributed by atoms with Gasteiger partial charge in [-0.25, -0.2) is 0 Å². The number of nitrogens with two attached hydrogens (primary N) is 1. The van der Waals surface area contributed by atoms with Gasteiger partial charge in [0.05, 0.1) is 0 Å². The minimum atomic E-state index is 0.210. The number of hydrogen-bond acceptors (Lipinski definition) is 2. The fourth-order valence-electron chi connectivity index (χ4n) is 1.61. The number of rotatable bonds is 4. The quantitative estimate of drug-likeness (QED) is 0.809. The Balaban J connectivity index is 1.90. The van der Waals surface area contributed by atoms with Gasteiger partial charge >= 0.3 is 0 Å². The maximum Gasteiger partial charge on any atom is 0.0159 e. The maximum atomic E-state index is 6.07. The predicted octanol–water partition coefficient (Wildman–Crippen LogP) is 3.30. The monoisotopic (exact) mass is 209 g/mol. The van der Waals surface area contributed by atoms with Gasteiger partial charge in [0.2, 0.25) is 0 Å². The van der Waals surface area contributed by atoms with Crippen molar-refractivity contribution in [1.29, 1.82) is 0 Å². The van der Waals surface area contributed by atoms with Gasteiger partial charge in [0.25, 0.3) is 0 Å². The van der Waals surface area contributed by atoms with Gasteiger partial charge in [-0.05, 0) is 48.6 Å². The van der Waals surface area contributed by atoms with Crippen LogP contribution < -0.4 is 5.73 Å². The summed E-state index contributed by atoms with van der Waals surface area (Å²) in [7, 11) is 0. The van der Waals surface area contributed by atoms with Gasteiger partial charge in [-0.1, -0.05) is 13.8 Å². The molecule has 14 heavy (non-hydrogen) atoms. The third-order valence-electron chi connectivity index (χ3n) is 3.10. The van der Waals surface area contributed by atoms with E-state index in [1.54, 1.807) is 0 Å². The smallest absolute Gasteiger partial charge is 0.0159 e. The Morgan fingerprint density at radius 1 is 1.50 bits per heavy atom. The minimum Gasteiger partial charge on any atom is -0.325 e. The summed E-state index contributed by atoms with van der Waals surface area (Å²) in [6, 6.07) is 2.35. The van der Waals surface area contributed by atoms with Crippen molar-refractivity contribution in [1.82, 2.24) is 0 Å². The summed E-state index contributed by atoms with van der Waals surface area (Å²) < 4.78 is 0. The second-order valence-corrected chi connectivity index (χ2v) is 5.86. The molecule has 1 fully saturated rings. The average molecular weight is 209 g/mol. The summed E-state index contributed by atoms with van der Waals surface area (Å²) >= 11 is 1.89. The molecule has 1 aromatic rings. The second kappa shape index (κ2) is 3.67. The molecule has 1 aliphatic carbocycles. The molecule has 2 N–H and O–H groups in total. The van der Waals surface area contributed by atoms with Crippen molar-refractivity contribution in [2.45, 2.75) is 51.0 Å². The van der Waals surface area contributed by atoms with Gasteiger partial charge in [-0.3, -0.25) is 0 Å². The lowest BCUT2D eigenvalue weighted by atomic mass is 10.1. The Labute approximate surface area is 90.3 Å². The summed E-state index contributed by atoms with van der Waals surface area (Å²) in [6.45, 7) is 4.49. The normalized spacial score (nSPS) is 18.9. The third-order valence-corrected chi connectivity index (χ3v) is 4.12. The molecule has 0 amide bonds. The summed E-state index contributed by atoms with van der Waals surface area (Å²) in [5, 5.41) is 2.29. The van der Waals surface area contributed by atoms with E-state index in [1.807, 2.05) is 11.3 Å². The molecule has 0 unspecified atom stereocenters. The molecule has 1 nitrogen and oxygen atoms in total. The molecule has 0 bridgehead atoms. The number of hydrogen-bond donors (Lipinski definition) is 1. The highest BCUT2D eigenvalue weighted by atomic mass is 32.1. The van der Waals surface area contributed by atoms with E-state index in [1.165, 1.54) is 36.1 Å². The second-order valence-electron chi connectivity index (χ2n) is 4.86. The van der Waals surface area contributed by atoms with E-state index in [2.05, 4.69) is 25.3 Å². The molecule has 0 aliphatic heterocycles. The summed E-state index contributed by atoms with van der Waals surface area (Å²) in [6.07, 6.45) is 4.81. The topological polar surface area (TPSA) is 26.0 Å². The van der Waals surface area contributed by atoms with Crippen LogP contribution in [0, 0.1) is 0 Å². The molecule has 1 saturated carbocycles. The average Bonchev–Trinajstić information content (AvgIpc) is 2.68. The molecule has 0 radical (unpaired) electrons. The molecular formula is C12H19NS. The molecule has 0 saturated heterocycles. The van der Waals surface area contributed by atoms with Crippen LogP contribution in [0.1, 0.15) is 49.5 Å². The lowest BCUT2D eigenvalue weighted by molar-refractivity contribution is 0.612. The highest BCUT2D eigenvalue weighted by Crippen LogP contribution is 2.37. The molecule has 2 heteroatoms. The largest absolute Gasteiger partial charge is 0.325 e. The lowest BCUT2D eigenvalue weighted by Gasteiger charge is -2.05. The number of thiophene rings is 1. The van der Waals surface area contributed by atoms with Crippen molar-refractivity contribution in [3.63, 3.8) is 0 Å². The fourth-order valence-corrected chi connectivity index (χ4v) is 2.67.